The first-order valence-electron chi connectivity index (χ1n) is 5.59. The zero-order chi connectivity index (χ0) is 14.4. The third kappa shape index (κ3) is 3.76. The maximum atomic E-state index is 12.9. The van der Waals surface area contributed by atoms with E-state index in [0.29, 0.717) is 5.56 Å². The van der Waals surface area contributed by atoms with Crippen molar-refractivity contribution in [2.24, 2.45) is 0 Å². The summed E-state index contributed by atoms with van der Waals surface area (Å²) in [5, 5.41) is 0. The maximum Gasteiger partial charge on any atom is 0.310 e. The molecule has 1 aromatic heterocycles. The summed E-state index contributed by atoms with van der Waals surface area (Å²) < 4.78 is 35.7. The number of hydrogen-bond donors (Lipinski definition) is 0. The minimum Gasteiger partial charge on any atom is -0.496 e. The van der Waals surface area contributed by atoms with Crippen LogP contribution in [0.1, 0.15) is 30.2 Å². The first-order valence-corrected chi connectivity index (χ1v) is 6.12. The number of rotatable bonds is 6. The summed E-state index contributed by atoms with van der Waals surface area (Å²) in [5.74, 6) is -0.403. The Hall–Kier alpha value is -1.43. The zero-order valence-electron chi connectivity index (χ0n) is 10.6. The number of hydrogen-bond acceptors (Lipinski definition) is 4. The summed E-state index contributed by atoms with van der Waals surface area (Å²) in [7, 11) is 1.33. The van der Waals surface area contributed by atoms with Crippen LogP contribution in [0.15, 0.2) is 6.20 Å². The number of methoxy groups -OCH3 is 1. The maximum absolute atomic E-state index is 12.9. The predicted octanol–water partition coefficient (Wildman–Crippen LogP) is 2.87. The lowest BCUT2D eigenvalue weighted by Crippen LogP contribution is -2.13. The number of alkyl halides is 3. The van der Waals surface area contributed by atoms with Crippen molar-refractivity contribution in [3.63, 3.8) is 0 Å². The van der Waals surface area contributed by atoms with Crippen LogP contribution in [-0.2, 0) is 21.8 Å². The van der Waals surface area contributed by atoms with Crippen LogP contribution in [0, 0.1) is 0 Å². The Bertz CT molecular complexity index is 455. The second kappa shape index (κ2) is 7.23. The van der Waals surface area contributed by atoms with E-state index >= 15 is 0 Å². The number of ether oxygens (including phenoxy) is 2. The van der Waals surface area contributed by atoms with Crippen molar-refractivity contribution in [2.75, 3.05) is 13.7 Å². The van der Waals surface area contributed by atoms with Crippen molar-refractivity contribution < 1.29 is 23.0 Å². The molecule has 0 fully saturated rings. The van der Waals surface area contributed by atoms with Gasteiger partial charge in [0.25, 0.3) is 6.43 Å². The van der Waals surface area contributed by atoms with Gasteiger partial charge in [0.15, 0.2) is 0 Å². The summed E-state index contributed by atoms with van der Waals surface area (Å²) in [4.78, 5) is 15.1. The summed E-state index contributed by atoms with van der Waals surface area (Å²) in [6.45, 7) is 1.81. The molecule has 0 atom stereocenters. The minimum absolute atomic E-state index is 0.0223. The van der Waals surface area contributed by atoms with Crippen LogP contribution in [0.2, 0.25) is 0 Å². The molecule has 1 rings (SSSR count). The Kier molecular flexibility index (Phi) is 5.95. The van der Waals surface area contributed by atoms with E-state index in [0.717, 1.165) is 0 Å². The van der Waals surface area contributed by atoms with E-state index in [4.69, 9.17) is 21.1 Å². The van der Waals surface area contributed by atoms with Gasteiger partial charge in [-0.15, -0.1) is 11.6 Å². The van der Waals surface area contributed by atoms with Crippen molar-refractivity contribution in [2.45, 2.75) is 25.7 Å². The fourth-order valence-corrected chi connectivity index (χ4v) is 1.85. The third-order valence-corrected chi connectivity index (χ3v) is 2.70. The van der Waals surface area contributed by atoms with Crippen molar-refractivity contribution in [3.8, 4) is 5.75 Å². The average Bonchev–Trinajstić information content (AvgIpc) is 2.37. The lowest BCUT2D eigenvalue weighted by atomic mass is 10.1. The molecule has 19 heavy (non-hydrogen) atoms. The molecule has 0 amide bonds. The van der Waals surface area contributed by atoms with E-state index in [1.165, 1.54) is 13.3 Å². The summed E-state index contributed by atoms with van der Waals surface area (Å²) in [6, 6.07) is 0. The Labute approximate surface area is 114 Å². The summed E-state index contributed by atoms with van der Waals surface area (Å²) in [5.41, 5.74) is -0.0132. The van der Waals surface area contributed by atoms with Crippen LogP contribution in [0.25, 0.3) is 0 Å². The topological polar surface area (TPSA) is 48.4 Å². The first-order chi connectivity index (χ1) is 9.04. The molecule has 0 bridgehead atoms. The number of nitrogens with zero attached hydrogens (tertiary/aromatic N) is 1. The minimum atomic E-state index is -2.80. The van der Waals surface area contributed by atoms with E-state index in [1.807, 2.05) is 0 Å². The predicted molar refractivity (Wildman–Crippen MR) is 65.6 cm³/mol. The highest BCUT2D eigenvalue weighted by Gasteiger charge is 2.23. The zero-order valence-corrected chi connectivity index (χ0v) is 11.3. The van der Waals surface area contributed by atoms with E-state index in [2.05, 4.69) is 4.98 Å². The summed E-state index contributed by atoms with van der Waals surface area (Å²) >= 11 is 5.69. The summed E-state index contributed by atoms with van der Waals surface area (Å²) in [6.07, 6.45) is -1.90. The van der Waals surface area contributed by atoms with Gasteiger partial charge in [-0.05, 0) is 6.92 Å². The lowest BCUT2D eigenvalue weighted by molar-refractivity contribution is -0.142. The quantitative estimate of drug-likeness (QED) is 0.598. The molecule has 0 aliphatic rings. The van der Waals surface area contributed by atoms with Crippen LogP contribution in [0.3, 0.4) is 0 Å². The van der Waals surface area contributed by atoms with Gasteiger partial charge in [-0.1, -0.05) is 0 Å². The Morgan fingerprint density at radius 3 is 2.68 bits per heavy atom. The Morgan fingerprint density at radius 2 is 2.21 bits per heavy atom. The first kappa shape index (κ1) is 15.6. The van der Waals surface area contributed by atoms with Crippen LogP contribution < -0.4 is 4.74 Å². The van der Waals surface area contributed by atoms with Gasteiger partial charge < -0.3 is 9.47 Å². The number of halogens is 3. The SMILES string of the molecule is CCOC(=O)Cc1c(C(F)F)ncc(CCl)c1OC. The monoisotopic (exact) mass is 293 g/mol. The molecule has 0 saturated carbocycles. The Morgan fingerprint density at radius 1 is 1.53 bits per heavy atom. The molecule has 106 valence electrons. The average molecular weight is 294 g/mol. The molecule has 7 heteroatoms. The Balaban J connectivity index is 3.25. The highest BCUT2D eigenvalue weighted by molar-refractivity contribution is 6.17. The van der Waals surface area contributed by atoms with Gasteiger partial charge >= 0.3 is 5.97 Å². The largest absolute Gasteiger partial charge is 0.496 e. The van der Waals surface area contributed by atoms with E-state index < -0.39 is 18.1 Å². The fourth-order valence-electron chi connectivity index (χ4n) is 1.66. The number of carbonyl (C=O) groups excluding carboxylic acids is 1. The van der Waals surface area contributed by atoms with Gasteiger partial charge in [0.05, 0.1) is 26.0 Å². The fraction of sp³-hybridized carbons (Fsp3) is 0.500. The van der Waals surface area contributed by atoms with Crippen molar-refractivity contribution >= 4 is 17.6 Å². The molecule has 0 aliphatic heterocycles. The molecule has 0 aliphatic carbocycles. The lowest BCUT2D eigenvalue weighted by Gasteiger charge is -2.15. The standard InChI is InChI=1S/C12H14ClF2NO3/c1-3-19-9(17)4-8-10(12(14)15)16-6-7(5-13)11(8)18-2/h6,12H,3-5H2,1-2H3. The van der Waals surface area contributed by atoms with Crippen molar-refractivity contribution in [1.82, 2.24) is 4.98 Å². The second-order valence-corrected chi connectivity index (χ2v) is 3.86. The van der Waals surface area contributed by atoms with Crippen LogP contribution in [-0.4, -0.2) is 24.7 Å². The van der Waals surface area contributed by atoms with Gasteiger partial charge in [-0.2, -0.15) is 0 Å². The van der Waals surface area contributed by atoms with E-state index in [-0.39, 0.29) is 30.2 Å². The molecule has 0 radical (unpaired) electrons. The molecular formula is C12H14ClF2NO3. The molecule has 4 nitrogen and oxygen atoms in total. The third-order valence-electron chi connectivity index (χ3n) is 2.42. The molecule has 0 unspecified atom stereocenters. The number of aromatic nitrogens is 1. The molecule has 0 spiro atoms. The smallest absolute Gasteiger partial charge is 0.310 e. The van der Waals surface area contributed by atoms with Crippen molar-refractivity contribution in [3.05, 3.63) is 23.0 Å². The van der Waals surface area contributed by atoms with Crippen LogP contribution in [0.4, 0.5) is 8.78 Å². The highest BCUT2D eigenvalue weighted by Crippen LogP contribution is 2.32. The van der Waals surface area contributed by atoms with Gasteiger partial charge in [-0.25, -0.2) is 8.78 Å². The van der Waals surface area contributed by atoms with Crippen molar-refractivity contribution in [1.29, 1.82) is 0 Å². The van der Waals surface area contributed by atoms with Gasteiger partial charge in [0, 0.05) is 17.3 Å². The van der Waals surface area contributed by atoms with Gasteiger partial charge in [0.2, 0.25) is 0 Å². The molecule has 0 N–H and O–H groups in total. The number of carbonyl (C=O) groups is 1. The van der Waals surface area contributed by atoms with Gasteiger partial charge in [0.1, 0.15) is 11.4 Å². The normalized spacial score (nSPS) is 10.6. The second-order valence-electron chi connectivity index (χ2n) is 3.60. The number of pyridine rings is 1. The molecule has 0 aromatic carbocycles. The molecule has 1 heterocycles. The number of esters is 1. The van der Waals surface area contributed by atoms with Gasteiger partial charge in [-0.3, -0.25) is 9.78 Å². The van der Waals surface area contributed by atoms with E-state index in [9.17, 15) is 13.6 Å². The highest BCUT2D eigenvalue weighted by atomic mass is 35.5. The molecule has 0 saturated heterocycles. The van der Waals surface area contributed by atoms with Crippen LogP contribution >= 0.6 is 11.6 Å². The van der Waals surface area contributed by atoms with E-state index in [1.54, 1.807) is 6.92 Å². The van der Waals surface area contributed by atoms with Crippen LogP contribution in [0.5, 0.6) is 5.75 Å². The molecule has 1 aromatic rings. The molecular weight excluding hydrogens is 280 g/mol.